The Balaban J connectivity index is 0.00000480. The van der Waals surface area contributed by atoms with Crippen LogP contribution in [0.5, 0.6) is 5.75 Å². The lowest BCUT2D eigenvalue weighted by atomic mass is 10.1. The lowest BCUT2D eigenvalue weighted by Gasteiger charge is -2.23. The molecule has 0 bridgehead atoms. The highest BCUT2D eigenvalue weighted by Crippen LogP contribution is 2.22. The van der Waals surface area contributed by atoms with Crippen LogP contribution >= 0.6 is 24.0 Å². The summed E-state index contributed by atoms with van der Waals surface area (Å²) in [5.74, 6) is 1.28. The van der Waals surface area contributed by atoms with Gasteiger partial charge in [0, 0.05) is 32.2 Å². The lowest BCUT2D eigenvalue weighted by Crippen LogP contribution is -2.40. The number of benzene rings is 2. The van der Waals surface area contributed by atoms with Crippen LogP contribution in [0.4, 0.5) is 0 Å². The zero-order chi connectivity index (χ0) is 22.0. The van der Waals surface area contributed by atoms with Crippen LogP contribution in [0.1, 0.15) is 31.9 Å². The number of hydrogen-bond acceptors (Lipinski definition) is 4. The van der Waals surface area contributed by atoms with E-state index < -0.39 is 10.0 Å². The molecule has 0 saturated heterocycles. The third kappa shape index (κ3) is 10.8. The van der Waals surface area contributed by atoms with E-state index in [1.54, 1.807) is 7.05 Å². The summed E-state index contributed by atoms with van der Waals surface area (Å²) >= 11 is 0. The van der Waals surface area contributed by atoms with Gasteiger partial charge in [-0.3, -0.25) is 4.99 Å². The molecule has 0 aliphatic heterocycles. The van der Waals surface area contributed by atoms with Crippen molar-refractivity contribution in [1.29, 1.82) is 0 Å². The first-order valence-corrected chi connectivity index (χ1v) is 11.6. The molecule has 0 heterocycles. The number of halogens is 1. The Morgan fingerprint density at radius 3 is 2.26 bits per heavy atom. The van der Waals surface area contributed by atoms with E-state index in [0.717, 1.165) is 16.9 Å². The maximum absolute atomic E-state index is 12.2. The summed E-state index contributed by atoms with van der Waals surface area (Å²) in [5.41, 5.74) is 1.62. The van der Waals surface area contributed by atoms with Crippen LogP contribution in [-0.4, -0.2) is 39.3 Å². The van der Waals surface area contributed by atoms with E-state index in [1.807, 2.05) is 75.4 Å². The molecule has 7 nitrogen and oxygen atoms in total. The SMILES string of the molecule is CN=C(NCCS(=O)(=O)NCc1ccccc1)NCc1ccccc1OC(C)(C)C.I. The number of sulfonamides is 1. The molecule has 0 fully saturated rings. The summed E-state index contributed by atoms with van der Waals surface area (Å²) in [5, 5.41) is 6.24. The third-order valence-electron chi connectivity index (χ3n) is 4.06. The smallest absolute Gasteiger partial charge is 0.213 e. The van der Waals surface area contributed by atoms with Gasteiger partial charge in [-0.15, -0.1) is 24.0 Å². The van der Waals surface area contributed by atoms with Crippen molar-refractivity contribution in [2.75, 3.05) is 19.3 Å². The fraction of sp³-hybridized carbons (Fsp3) is 0.409. The van der Waals surface area contributed by atoms with E-state index in [9.17, 15) is 8.42 Å². The molecule has 31 heavy (non-hydrogen) atoms. The molecule has 0 aromatic heterocycles. The van der Waals surface area contributed by atoms with E-state index in [4.69, 9.17) is 4.74 Å². The van der Waals surface area contributed by atoms with Crippen LogP contribution in [-0.2, 0) is 23.1 Å². The summed E-state index contributed by atoms with van der Waals surface area (Å²) in [6.07, 6.45) is 0. The first kappa shape index (κ1) is 27.2. The molecule has 0 amide bonds. The zero-order valence-corrected chi connectivity index (χ0v) is 21.7. The highest BCUT2D eigenvalue weighted by molar-refractivity contribution is 14.0. The first-order valence-electron chi connectivity index (χ1n) is 9.91. The van der Waals surface area contributed by atoms with E-state index >= 15 is 0 Å². The Bertz CT molecular complexity index is 929. The van der Waals surface area contributed by atoms with Crippen LogP contribution in [0.3, 0.4) is 0 Å². The molecule has 0 aliphatic carbocycles. The number of aliphatic imine (C=N–C) groups is 1. The Hall–Kier alpha value is -1.85. The molecular weight excluding hydrogens is 527 g/mol. The first-order chi connectivity index (χ1) is 14.2. The van der Waals surface area contributed by atoms with Crippen LogP contribution < -0.4 is 20.1 Å². The molecule has 2 aromatic rings. The van der Waals surface area contributed by atoms with Gasteiger partial charge in [-0.25, -0.2) is 13.1 Å². The summed E-state index contributed by atoms with van der Waals surface area (Å²) in [7, 11) is -1.75. The van der Waals surface area contributed by atoms with E-state index in [-0.39, 0.29) is 48.4 Å². The van der Waals surface area contributed by atoms with Crippen LogP contribution in [0.2, 0.25) is 0 Å². The third-order valence-corrected chi connectivity index (χ3v) is 5.39. The van der Waals surface area contributed by atoms with Crippen molar-refractivity contribution in [3.8, 4) is 5.75 Å². The fourth-order valence-electron chi connectivity index (χ4n) is 2.64. The standard InChI is InChI=1S/C22H32N4O3S.HI/c1-22(2,3)29-20-13-9-8-12-19(20)17-25-21(23-4)24-14-15-30(27,28)26-16-18-10-6-5-7-11-18;/h5-13,26H,14-17H2,1-4H3,(H2,23,24,25);1H. The lowest BCUT2D eigenvalue weighted by molar-refractivity contribution is 0.129. The van der Waals surface area contributed by atoms with Crippen LogP contribution in [0, 0.1) is 0 Å². The maximum Gasteiger partial charge on any atom is 0.213 e. The fourth-order valence-corrected chi connectivity index (χ4v) is 3.55. The Labute approximate surface area is 203 Å². The Kier molecular flexibility index (Phi) is 11.3. The monoisotopic (exact) mass is 560 g/mol. The van der Waals surface area contributed by atoms with Crippen LogP contribution in [0.25, 0.3) is 0 Å². The zero-order valence-electron chi connectivity index (χ0n) is 18.5. The van der Waals surface area contributed by atoms with Gasteiger partial charge in [0.2, 0.25) is 10.0 Å². The highest BCUT2D eigenvalue weighted by atomic mass is 127. The molecule has 2 aromatic carbocycles. The summed E-state index contributed by atoms with van der Waals surface area (Å²) in [6, 6.07) is 17.2. The van der Waals surface area contributed by atoms with Crippen LogP contribution in [0.15, 0.2) is 59.6 Å². The average molecular weight is 561 g/mol. The highest BCUT2D eigenvalue weighted by Gasteiger charge is 2.15. The normalized spacial score (nSPS) is 12.1. The second-order valence-corrected chi connectivity index (χ2v) is 9.73. The minimum absolute atomic E-state index is 0. The molecule has 0 atom stereocenters. The van der Waals surface area contributed by atoms with Gasteiger partial charge in [-0.1, -0.05) is 48.5 Å². The van der Waals surface area contributed by atoms with Gasteiger partial charge in [0.25, 0.3) is 0 Å². The second-order valence-electron chi connectivity index (χ2n) is 7.80. The van der Waals surface area contributed by atoms with Gasteiger partial charge in [0.15, 0.2) is 5.96 Å². The molecule has 0 spiro atoms. The van der Waals surface area contributed by atoms with Crippen molar-refractivity contribution in [1.82, 2.24) is 15.4 Å². The Morgan fingerprint density at radius 2 is 1.61 bits per heavy atom. The average Bonchev–Trinajstić information content (AvgIpc) is 2.70. The number of nitrogens with one attached hydrogen (secondary N) is 3. The van der Waals surface area contributed by atoms with Crippen molar-refractivity contribution in [2.24, 2.45) is 4.99 Å². The molecule has 0 unspecified atom stereocenters. The molecule has 0 radical (unpaired) electrons. The molecule has 2 rings (SSSR count). The van der Waals surface area contributed by atoms with Gasteiger partial charge < -0.3 is 15.4 Å². The molecule has 9 heteroatoms. The number of nitrogens with zero attached hydrogens (tertiary/aromatic N) is 1. The summed E-state index contributed by atoms with van der Waals surface area (Å²) < 4.78 is 33.0. The number of guanidine groups is 1. The van der Waals surface area contributed by atoms with Gasteiger partial charge in [-0.2, -0.15) is 0 Å². The quantitative estimate of drug-likeness (QED) is 0.249. The molecule has 0 aliphatic rings. The van der Waals surface area contributed by atoms with Crippen molar-refractivity contribution < 1.29 is 13.2 Å². The molecular formula is C22H33IN4O3S. The predicted molar refractivity (Wildman–Crippen MR) is 138 cm³/mol. The van der Waals surface area contributed by atoms with Gasteiger partial charge >= 0.3 is 0 Å². The van der Waals surface area contributed by atoms with Gasteiger partial charge in [0.05, 0.1) is 5.75 Å². The minimum atomic E-state index is -3.39. The van der Waals surface area contributed by atoms with Gasteiger partial charge in [0.1, 0.15) is 11.4 Å². The number of ether oxygens (including phenoxy) is 1. The van der Waals surface area contributed by atoms with E-state index in [0.29, 0.717) is 12.5 Å². The van der Waals surface area contributed by atoms with Crippen molar-refractivity contribution in [3.63, 3.8) is 0 Å². The minimum Gasteiger partial charge on any atom is -0.488 e. The number of hydrogen-bond donors (Lipinski definition) is 3. The predicted octanol–water partition coefficient (Wildman–Crippen LogP) is 3.27. The maximum atomic E-state index is 12.2. The molecule has 172 valence electrons. The van der Waals surface area contributed by atoms with Crippen molar-refractivity contribution in [3.05, 3.63) is 65.7 Å². The Morgan fingerprint density at radius 1 is 0.968 bits per heavy atom. The van der Waals surface area contributed by atoms with Crippen molar-refractivity contribution in [2.45, 2.75) is 39.5 Å². The largest absolute Gasteiger partial charge is 0.488 e. The van der Waals surface area contributed by atoms with Crippen molar-refractivity contribution >= 4 is 40.0 Å². The molecule has 3 N–H and O–H groups in total. The number of para-hydroxylation sites is 1. The summed E-state index contributed by atoms with van der Waals surface area (Å²) in [4.78, 5) is 4.16. The topological polar surface area (TPSA) is 91.8 Å². The second kappa shape index (κ2) is 12.9. The number of rotatable bonds is 9. The van der Waals surface area contributed by atoms with E-state index in [2.05, 4.69) is 20.3 Å². The van der Waals surface area contributed by atoms with E-state index in [1.165, 1.54) is 0 Å². The van der Waals surface area contributed by atoms with Gasteiger partial charge in [-0.05, 0) is 32.4 Å². The molecule has 0 saturated carbocycles. The summed E-state index contributed by atoms with van der Waals surface area (Å²) in [6.45, 7) is 7.04.